The summed E-state index contributed by atoms with van der Waals surface area (Å²) < 4.78 is 61.6. The minimum Gasteiger partial charge on any atom is -0.326 e. The molecule has 0 aliphatic heterocycles. The Morgan fingerprint density at radius 3 is 2.35 bits per heavy atom. The number of fused-ring (bicyclic) bond motifs is 2. The molecule has 2 fully saturated rings. The number of benzene rings is 1. The summed E-state index contributed by atoms with van der Waals surface area (Å²) in [6.07, 6.45) is 0.603. The van der Waals surface area contributed by atoms with Crippen LogP contribution >= 0.6 is 0 Å². The average molecular weight is 390 g/mol. The monoisotopic (exact) mass is 390 g/mol. The van der Waals surface area contributed by atoms with Crippen molar-refractivity contribution in [3.8, 4) is 0 Å². The highest BCUT2D eigenvalue weighted by molar-refractivity contribution is 7.89. The Labute approximate surface area is 150 Å². The molecule has 1 aromatic carbocycles. The van der Waals surface area contributed by atoms with E-state index in [2.05, 4.69) is 5.32 Å². The van der Waals surface area contributed by atoms with E-state index in [1.165, 1.54) is 48.3 Å². The van der Waals surface area contributed by atoms with Gasteiger partial charge >= 0.3 is 6.18 Å². The van der Waals surface area contributed by atoms with E-state index in [-0.39, 0.29) is 10.8 Å². The third kappa shape index (κ3) is 4.76. The highest BCUT2D eigenvalue weighted by atomic mass is 32.2. The summed E-state index contributed by atoms with van der Waals surface area (Å²) in [5, 5.41) is 2.73. The minimum atomic E-state index is -4.62. The van der Waals surface area contributed by atoms with E-state index in [4.69, 9.17) is 0 Å². The molecule has 0 aromatic heterocycles. The molecule has 2 bridgehead atoms. The van der Waals surface area contributed by atoms with Crippen LogP contribution in [0.15, 0.2) is 29.2 Å². The highest BCUT2D eigenvalue weighted by Crippen LogP contribution is 2.49. The second kappa shape index (κ2) is 7.19. The zero-order valence-corrected chi connectivity index (χ0v) is 14.9. The van der Waals surface area contributed by atoms with Gasteiger partial charge in [-0.15, -0.1) is 0 Å². The van der Waals surface area contributed by atoms with Crippen LogP contribution in [0.3, 0.4) is 0 Å². The molecule has 0 heterocycles. The van der Waals surface area contributed by atoms with Gasteiger partial charge in [0, 0.05) is 12.1 Å². The van der Waals surface area contributed by atoms with Crippen LogP contribution in [-0.2, 0) is 14.8 Å². The molecule has 3 atom stereocenters. The Morgan fingerprint density at radius 1 is 1.12 bits per heavy atom. The molecule has 2 aliphatic rings. The number of carbonyl (C=O) groups excluding carboxylic acids is 1. The number of amides is 1. The van der Waals surface area contributed by atoms with Gasteiger partial charge in [0.15, 0.2) is 0 Å². The smallest absolute Gasteiger partial charge is 0.326 e. The van der Waals surface area contributed by atoms with E-state index >= 15 is 0 Å². The van der Waals surface area contributed by atoms with Gasteiger partial charge in [-0.05, 0) is 61.3 Å². The van der Waals surface area contributed by atoms with E-state index in [0.717, 1.165) is 12.3 Å². The fourth-order valence-electron chi connectivity index (χ4n) is 4.05. The predicted molar refractivity (Wildman–Crippen MR) is 89.9 cm³/mol. The molecule has 0 radical (unpaired) electrons. The zero-order valence-electron chi connectivity index (χ0n) is 14.1. The first kappa shape index (κ1) is 19.2. The molecule has 3 rings (SSSR count). The van der Waals surface area contributed by atoms with Crippen LogP contribution in [0.25, 0.3) is 0 Å². The molecule has 26 heavy (non-hydrogen) atoms. The van der Waals surface area contributed by atoms with Crippen molar-refractivity contribution in [2.24, 2.45) is 17.8 Å². The van der Waals surface area contributed by atoms with Crippen LogP contribution in [0.4, 0.5) is 18.9 Å². The summed E-state index contributed by atoms with van der Waals surface area (Å²) in [5.74, 6) is 1.69. The number of anilines is 1. The van der Waals surface area contributed by atoms with Gasteiger partial charge in [0.05, 0.1) is 4.90 Å². The second-order valence-electron chi connectivity index (χ2n) is 7.15. The Hall–Kier alpha value is -1.61. The van der Waals surface area contributed by atoms with Crippen molar-refractivity contribution in [2.75, 3.05) is 11.9 Å². The predicted octanol–water partition coefficient (Wildman–Crippen LogP) is 3.29. The lowest BCUT2D eigenvalue weighted by Crippen LogP contribution is -2.33. The lowest BCUT2D eigenvalue weighted by Gasteiger charge is -2.20. The Kier molecular flexibility index (Phi) is 5.30. The van der Waals surface area contributed by atoms with Crippen molar-refractivity contribution in [3.63, 3.8) is 0 Å². The SMILES string of the molecule is O=C(CC1CC2CCC1C2)Nc1ccc(S(=O)(=O)NCC(F)(F)F)cc1. The molecule has 2 saturated carbocycles. The quantitative estimate of drug-likeness (QED) is 0.783. The molecule has 2 aliphatic carbocycles. The van der Waals surface area contributed by atoms with E-state index < -0.39 is 22.7 Å². The summed E-state index contributed by atoms with van der Waals surface area (Å²) in [6, 6.07) is 5.10. The molecular weight excluding hydrogens is 369 g/mol. The van der Waals surface area contributed by atoms with Crippen molar-refractivity contribution in [2.45, 2.75) is 43.2 Å². The number of rotatable bonds is 6. The van der Waals surface area contributed by atoms with Crippen molar-refractivity contribution in [3.05, 3.63) is 24.3 Å². The van der Waals surface area contributed by atoms with Gasteiger partial charge in [-0.25, -0.2) is 13.1 Å². The van der Waals surface area contributed by atoms with Gasteiger partial charge in [0.2, 0.25) is 15.9 Å². The maximum atomic E-state index is 12.2. The third-order valence-corrected chi connectivity index (χ3v) is 6.66. The molecule has 5 nitrogen and oxygen atoms in total. The first-order chi connectivity index (χ1) is 12.1. The van der Waals surface area contributed by atoms with Crippen LogP contribution in [0.1, 0.15) is 32.1 Å². The lowest BCUT2D eigenvalue weighted by molar-refractivity contribution is -0.121. The normalized spacial score (nSPS) is 25.4. The summed E-state index contributed by atoms with van der Waals surface area (Å²) in [5.41, 5.74) is 0.424. The van der Waals surface area contributed by atoms with E-state index in [0.29, 0.717) is 23.9 Å². The van der Waals surface area contributed by atoms with E-state index in [1.54, 1.807) is 0 Å². The van der Waals surface area contributed by atoms with Crippen molar-refractivity contribution < 1.29 is 26.4 Å². The largest absolute Gasteiger partial charge is 0.402 e. The van der Waals surface area contributed by atoms with Gasteiger partial charge in [0.25, 0.3) is 0 Å². The number of carbonyl (C=O) groups is 1. The fraction of sp³-hybridized carbons (Fsp3) is 0.588. The van der Waals surface area contributed by atoms with Crippen LogP contribution in [0.5, 0.6) is 0 Å². The lowest BCUT2D eigenvalue weighted by atomic mass is 9.86. The minimum absolute atomic E-state index is 0.117. The molecule has 3 unspecified atom stereocenters. The molecule has 0 saturated heterocycles. The zero-order chi connectivity index (χ0) is 18.9. The van der Waals surface area contributed by atoms with Crippen molar-refractivity contribution >= 4 is 21.6 Å². The molecule has 2 N–H and O–H groups in total. The molecular formula is C17H21F3N2O3S. The maximum absolute atomic E-state index is 12.2. The Balaban J connectivity index is 1.54. The van der Waals surface area contributed by atoms with E-state index in [1.807, 2.05) is 0 Å². The van der Waals surface area contributed by atoms with E-state index in [9.17, 15) is 26.4 Å². The summed E-state index contributed by atoms with van der Waals surface area (Å²) in [4.78, 5) is 11.9. The molecule has 1 aromatic rings. The highest BCUT2D eigenvalue weighted by Gasteiger charge is 2.40. The van der Waals surface area contributed by atoms with Gasteiger partial charge in [-0.2, -0.15) is 13.2 Å². The summed E-state index contributed by atoms with van der Waals surface area (Å²) >= 11 is 0. The number of nitrogens with one attached hydrogen (secondary N) is 2. The van der Waals surface area contributed by atoms with Gasteiger partial charge in [-0.1, -0.05) is 6.42 Å². The first-order valence-corrected chi connectivity index (χ1v) is 10.1. The number of alkyl halides is 3. The maximum Gasteiger partial charge on any atom is 0.402 e. The van der Waals surface area contributed by atoms with Crippen LogP contribution in [0, 0.1) is 17.8 Å². The molecule has 9 heteroatoms. The molecule has 0 spiro atoms. The molecule has 1 amide bonds. The number of hydrogen-bond acceptors (Lipinski definition) is 3. The number of sulfonamides is 1. The van der Waals surface area contributed by atoms with Crippen LogP contribution in [0.2, 0.25) is 0 Å². The average Bonchev–Trinajstić information content (AvgIpc) is 3.16. The van der Waals surface area contributed by atoms with Gasteiger partial charge in [-0.3, -0.25) is 4.79 Å². The summed E-state index contributed by atoms with van der Waals surface area (Å²) in [6.45, 7) is -1.63. The summed E-state index contributed by atoms with van der Waals surface area (Å²) in [7, 11) is -4.25. The van der Waals surface area contributed by atoms with Gasteiger partial charge in [0.1, 0.15) is 6.54 Å². The number of hydrogen-bond donors (Lipinski definition) is 2. The second-order valence-corrected chi connectivity index (χ2v) is 8.92. The standard InChI is InChI=1S/C17H21F3N2O3S/c18-17(19,20)10-21-26(24,25)15-5-3-14(4-6-15)22-16(23)9-13-8-11-1-2-12(13)7-11/h3-6,11-13,21H,1-2,7-10H2,(H,22,23). The Morgan fingerprint density at radius 2 is 1.81 bits per heavy atom. The Bertz CT molecular complexity index is 762. The third-order valence-electron chi connectivity index (χ3n) is 5.24. The van der Waals surface area contributed by atoms with Crippen molar-refractivity contribution in [1.29, 1.82) is 0 Å². The first-order valence-electron chi connectivity index (χ1n) is 8.59. The topological polar surface area (TPSA) is 75.3 Å². The van der Waals surface area contributed by atoms with Crippen LogP contribution < -0.4 is 10.0 Å². The van der Waals surface area contributed by atoms with Crippen LogP contribution in [-0.4, -0.2) is 27.0 Å². The van der Waals surface area contributed by atoms with Gasteiger partial charge < -0.3 is 5.32 Å². The van der Waals surface area contributed by atoms with Crippen molar-refractivity contribution in [1.82, 2.24) is 4.72 Å². The molecule has 144 valence electrons. The number of halogens is 3. The fourth-order valence-corrected chi connectivity index (χ4v) is 5.07.